The molecule has 0 aromatic heterocycles. The molecule has 0 radical (unpaired) electrons. The van der Waals surface area contributed by atoms with Gasteiger partial charge < -0.3 is 10.1 Å². The summed E-state index contributed by atoms with van der Waals surface area (Å²) in [4.78, 5) is 24.3. The number of likely N-dealkylation sites (tertiary alicyclic amines) is 1. The van der Waals surface area contributed by atoms with E-state index in [4.69, 9.17) is 0 Å². The summed E-state index contributed by atoms with van der Waals surface area (Å²) in [5.41, 5.74) is 0. The lowest BCUT2D eigenvalue weighted by atomic mass is 10.2. The topological polar surface area (TPSA) is 49.4 Å². The molecule has 1 aliphatic rings. The third-order valence-corrected chi connectivity index (χ3v) is 2.48. The van der Waals surface area contributed by atoms with E-state index >= 15 is 0 Å². The molecule has 4 nitrogen and oxygen atoms in total. The molecule has 14 heavy (non-hydrogen) atoms. The van der Waals surface area contributed by atoms with Crippen molar-refractivity contribution < 1.29 is 9.59 Å². The summed E-state index contributed by atoms with van der Waals surface area (Å²) in [5.74, 6) is -0.149. The van der Waals surface area contributed by atoms with E-state index in [9.17, 15) is 9.59 Å². The molecule has 0 aromatic rings. The van der Waals surface area contributed by atoms with Gasteiger partial charge in [-0.15, -0.1) is 0 Å². The van der Waals surface area contributed by atoms with Crippen LogP contribution in [0.25, 0.3) is 0 Å². The van der Waals surface area contributed by atoms with Crippen LogP contribution in [0.4, 0.5) is 0 Å². The van der Waals surface area contributed by atoms with E-state index in [1.165, 1.54) is 0 Å². The number of amides is 1. The predicted molar refractivity (Wildman–Crippen MR) is 54.0 cm³/mol. The van der Waals surface area contributed by atoms with Gasteiger partial charge in [0.25, 0.3) is 0 Å². The zero-order valence-electron chi connectivity index (χ0n) is 8.66. The van der Waals surface area contributed by atoms with Crippen molar-refractivity contribution in [1.82, 2.24) is 10.2 Å². The standard InChI is InChI=1S/C10H18N2O2/c1-2-5-11-10(14)9(8-13)12-6-3-4-7-12/h8-9H,2-7H2,1H3,(H,11,14). The fourth-order valence-electron chi connectivity index (χ4n) is 1.69. The zero-order valence-corrected chi connectivity index (χ0v) is 8.66. The molecule has 1 amide bonds. The summed E-state index contributed by atoms with van der Waals surface area (Å²) in [6.45, 7) is 4.37. The van der Waals surface area contributed by atoms with E-state index < -0.39 is 6.04 Å². The molecule has 0 aliphatic carbocycles. The highest BCUT2D eigenvalue weighted by molar-refractivity contribution is 5.95. The minimum absolute atomic E-state index is 0.149. The van der Waals surface area contributed by atoms with Gasteiger partial charge in [0, 0.05) is 6.54 Å². The second-order valence-electron chi connectivity index (χ2n) is 3.62. The minimum Gasteiger partial charge on any atom is -0.354 e. The SMILES string of the molecule is CCCNC(=O)C(C=O)N1CCCC1. The molecular weight excluding hydrogens is 180 g/mol. The molecule has 1 atom stereocenters. The van der Waals surface area contributed by atoms with Gasteiger partial charge in [0.15, 0.2) is 0 Å². The molecule has 1 heterocycles. The quantitative estimate of drug-likeness (QED) is 0.506. The zero-order chi connectivity index (χ0) is 10.4. The summed E-state index contributed by atoms with van der Waals surface area (Å²) in [6, 6.07) is -0.566. The summed E-state index contributed by atoms with van der Waals surface area (Å²) in [5, 5.41) is 2.75. The van der Waals surface area contributed by atoms with E-state index in [1.807, 2.05) is 11.8 Å². The van der Waals surface area contributed by atoms with Crippen LogP contribution in [0.5, 0.6) is 0 Å². The lowest BCUT2D eigenvalue weighted by molar-refractivity contribution is -0.130. The van der Waals surface area contributed by atoms with E-state index in [1.54, 1.807) is 0 Å². The van der Waals surface area contributed by atoms with Gasteiger partial charge in [-0.25, -0.2) is 0 Å². The van der Waals surface area contributed by atoms with Gasteiger partial charge in [-0.2, -0.15) is 0 Å². The Morgan fingerprint density at radius 2 is 2.14 bits per heavy atom. The van der Waals surface area contributed by atoms with Gasteiger partial charge >= 0.3 is 0 Å². The maximum absolute atomic E-state index is 11.5. The van der Waals surface area contributed by atoms with Crippen LogP contribution in [-0.2, 0) is 9.59 Å². The van der Waals surface area contributed by atoms with Crippen LogP contribution in [0.1, 0.15) is 26.2 Å². The summed E-state index contributed by atoms with van der Waals surface area (Å²) in [6.07, 6.45) is 3.82. The van der Waals surface area contributed by atoms with E-state index in [0.717, 1.165) is 38.6 Å². The molecule has 1 N–H and O–H groups in total. The van der Waals surface area contributed by atoms with E-state index in [-0.39, 0.29) is 5.91 Å². The molecule has 0 saturated carbocycles. The van der Waals surface area contributed by atoms with E-state index in [2.05, 4.69) is 5.32 Å². The molecule has 1 saturated heterocycles. The number of carbonyl (C=O) groups excluding carboxylic acids is 2. The van der Waals surface area contributed by atoms with Crippen LogP contribution in [0.3, 0.4) is 0 Å². The largest absolute Gasteiger partial charge is 0.354 e. The maximum Gasteiger partial charge on any atom is 0.244 e. The Hall–Kier alpha value is -0.900. The second-order valence-corrected chi connectivity index (χ2v) is 3.62. The Bertz CT molecular complexity index is 200. The molecule has 80 valence electrons. The molecule has 1 unspecified atom stereocenters. The molecule has 1 aliphatic heterocycles. The number of aldehydes is 1. The Morgan fingerprint density at radius 1 is 1.50 bits per heavy atom. The molecule has 0 spiro atoms. The number of hydrogen-bond acceptors (Lipinski definition) is 3. The molecule has 1 rings (SSSR count). The maximum atomic E-state index is 11.5. The van der Waals surface area contributed by atoms with Crippen molar-refractivity contribution in [2.24, 2.45) is 0 Å². The molecule has 1 fully saturated rings. The monoisotopic (exact) mass is 198 g/mol. The smallest absolute Gasteiger partial charge is 0.244 e. The number of carbonyl (C=O) groups is 2. The third kappa shape index (κ3) is 2.80. The Labute approximate surface area is 84.7 Å². The van der Waals surface area contributed by atoms with Gasteiger partial charge in [-0.05, 0) is 32.4 Å². The van der Waals surface area contributed by atoms with Gasteiger partial charge in [-0.3, -0.25) is 9.69 Å². The lowest BCUT2D eigenvalue weighted by Gasteiger charge is -2.21. The van der Waals surface area contributed by atoms with Crippen molar-refractivity contribution in [2.75, 3.05) is 19.6 Å². The fourth-order valence-corrected chi connectivity index (χ4v) is 1.69. The highest BCUT2D eigenvalue weighted by atomic mass is 16.2. The summed E-state index contributed by atoms with van der Waals surface area (Å²) >= 11 is 0. The second kappa shape index (κ2) is 5.75. The molecule has 4 heteroatoms. The molecule has 0 bridgehead atoms. The van der Waals surface area contributed by atoms with Gasteiger partial charge in [0.05, 0.1) is 0 Å². The summed E-state index contributed by atoms with van der Waals surface area (Å²) in [7, 11) is 0. The number of nitrogens with zero attached hydrogens (tertiary/aromatic N) is 1. The van der Waals surface area contributed by atoms with Crippen LogP contribution in [0, 0.1) is 0 Å². The van der Waals surface area contributed by atoms with Crippen molar-refractivity contribution in [3.05, 3.63) is 0 Å². The van der Waals surface area contributed by atoms with Crippen LogP contribution in [0.2, 0.25) is 0 Å². The van der Waals surface area contributed by atoms with Gasteiger partial charge in [0.2, 0.25) is 5.91 Å². The van der Waals surface area contributed by atoms with Crippen molar-refractivity contribution in [3.8, 4) is 0 Å². The van der Waals surface area contributed by atoms with Crippen molar-refractivity contribution in [3.63, 3.8) is 0 Å². The molecular formula is C10H18N2O2. The first kappa shape index (κ1) is 11.2. The number of hydrogen-bond donors (Lipinski definition) is 1. The number of nitrogens with one attached hydrogen (secondary N) is 1. The highest BCUT2D eigenvalue weighted by Crippen LogP contribution is 2.10. The first-order valence-corrected chi connectivity index (χ1v) is 5.26. The van der Waals surface area contributed by atoms with Crippen LogP contribution in [0.15, 0.2) is 0 Å². The van der Waals surface area contributed by atoms with E-state index in [0.29, 0.717) is 6.54 Å². The van der Waals surface area contributed by atoms with Crippen molar-refractivity contribution in [2.45, 2.75) is 32.2 Å². The minimum atomic E-state index is -0.566. The van der Waals surface area contributed by atoms with Gasteiger partial charge in [0.1, 0.15) is 12.3 Å². The molecule has 0 aromatic carbocycles. The Morgan fingerprint density at radius 3 is 2.64 bits per heavy atom. The van der Waals surface area contributed by atoms with Crippen LogP contribution in [-0.4, -0.2) is 42.8 Å². The summed E-state index contributed by atoms with van der Waals surface area (Å²) < 4.78 is 0. The van der Waals surface area contributed by atoms with Crippen LogP contribution >= 0.6 is 0 Å². The normalized spacial score (nSPS) is 19.2. The van der Waals surface area contributed by atoms with Crippen molar-refractivity contribution in [1.29, 1.82) is 0 Å². The average molecular weight is 198 g/mol. The van der Waals surface area contributed by atoms with Crippen LogP contribution < -0.4 is 5.32 Å². The first-order chi connectivity index (χ1) is 6.79. The average Bonchev–Trinajstić information content (AvgIpc) is 2.69. The third-order valence-electron chi connectivity index (χ3n) is 2.48. The highest BCUT2D eigenvalue weighted by Gasteiger charge is 2.26. The first-order valence-electron chi connectivity index (χ1n) is 5.26. The lowest BCUT2D eigenvalue weighted by Crippen LogP contribution is -2.46. The fraction of sp³-hybridized carbons (Fsp3) is 0.800. The Kier molecular flexibility index (Phi) is 4.59. The van der Waals surface area contributed by atoms with Gasteiger partial charge in [-0.1, -0.05) is 6.92 Å². The Balaban J connectivity index is 2.43. The number of rotatable bonds is 5. The van der Waals surface area contributed by atoms with Crippen molar-refractivity contribution >= 4 is 12.2 Å². The predicted octanol–water partition coefficient (Wildman–Crippen LogP) is 0.176.